The molecule has 0 spiro atoms. The number of carbonyl (C=O) groups is 2. The molecular formula is C32H33F3N4O3S. The lowest BCUT2D eigenvalue weighted by atomic mass is 9.79. The topological polar surface area (TPSA) is 109 Å². The zero-order valence-electron chi connectivity index (χ0n) is 23.7. The number of hydrogen-bond donors (Lipinski definition) is 3. The quantitative estimate of drug-likeness (QED) is 0.204. The Kier molecular flexibility index (Phi) is 10.3. The van der Waals surface area contributed by atoms with Gasteiger partial charge in [0.1, 0.15) is 11.0 Å². The molecule has 43 heavy (non-hydrogen) atoms. The number of benzene rings is 3. The summed E-state index contributed by atoms with van der Waals surface area (Å²) in [6.07, 6.45) is -7.06. The number of aliphatic hydroxyl groups excluding tert-OH is 1. The first kappa shape index (κ1) is 31.9. The summed E-state index contributed by atoms with van der Waals surface area (Å²) in [7, 11) is 1.54. The normalized spacial score (nSPS) is 13.7. The molecule has 0 aliphatic carbocycles. The first-order valence-electron chi connectivity index (χ1n) is 13.6. The van der Waals surface area contributed by atoms with Gasteiger partial charge < -0.3 is 15.7 Å². The van der Waals surface area contributed by atoms with Crippen molar-refractivity contribution in [3.63, 3.8) is 0 Å². The zero-order chi connectivity index (χ0) is 31.1. The van der Waals surface area contributed by atoms with Crippen molar-refractivity contribution in [3.8, 4) is 0 Å². The lowest BCUT2D eigenvalue weighted by molar-refractivity contribution is -0.181. The number of hydrogen-bond acceptors (Lipinski definition) is 6. The van der Waals surface area contributed by atoms with Crippen LogP contribution in [-0.4, -0.2) is 52.2 Å². The fourth-order valence-corrected chi connectivity index (χ4v) is 5.89. The SMILES string of the molecule is Cc1csc(CN(C)C(=O)c2cccc(C(N)=O)c2C(Cc2ccccc2)C(O)C(NCc2ccccc2)C(F)(F)F)n1. The van der Waals surface area contributed by atoms with Gasteiger partial charge in [-0.15, -0.1) is 11.3 Å². The van der Waals surface area contributed by atoms with Crippen LogP contribution in [0.15, 0.2) is 84.2 Å². The van der Waals surface area contributed by atoms with Crippen molar-refractivity contribution in [2.24, 2.45) is 5.73 Å². The summed E-state index contributed by atoms with van der Waals surface area (Å²) >= 11 is 1.37. The van der Waals surface area contributed by atoms with Gasteiger partial charge in [0.25, 0.3) is 5.91 Å². The smallest absolute Gasteiger partial charge is 0.390 e. The Morgan fingerprint density at radius 2 is 1.58 bits per heavy atom. The predicted octanol–water partition coefficient (Wildman–Crippen LogP) is 5.23. The maximum absolute atomic E-state index is 14.6. The van der Waals surface area contributed by atoms with Crippen molar-refractivity contribution in [1.29, 1.82) is 0 Å². The summed E-state index contributed by atoms with van der Waals surface area (Å²) in [6, 6.07) is 19.0. The van der Waals surface area contributed by atoms with Crippen LogP contribution in [0.3, 0.4) is 0 Å². The highest BCUT2D eigenvalue weighted by Gasteiger charge is 2.48. The molecule has 7 nitrogen and oxygen atoms in total. The number of aliphatic hydroxyl groups is 1. The molecule has 11 heteroatoms. The lowest BCUT2D eigenvalue weighted by Gasteiger charge is -2.34. The number of thiazole rings is 1. The molecule has 3 atom stereocenters. The maximum Gasteiger partial charge on any atom is 0.406 e. The van der Waals surface area contributed by atoms with Gasteiger partial charge in [-0.05, 0) is 42.2 Å². The summed E-state index contributed by atoms with van der Waals surface area (Å²) in [5, 5.41) is 16.6. The van der Waals surface area contributed by atoms with Gasteiger partial charge >= 0.3 is 6.18 Å². The van der Waals surface area contributed by atoms with E-state index in [-0.39, 0.29) is 36.2 Å². The molecule has 2 amide bonds. The minimum atomic E-state index is -4.87. The summed E-state index contributed by atoms with van der Waals surface area (Å²) < 4.78 is 43.8. The molecule has 4 aromatic rings. The summed E-state index contributed by atoms with van der Waals surface area (Å²) in [5.74, 6) is -2.80. The fraction of sp³-hybridized carbons (Fsp3) is 0.281. The summed E-state index contributed by atoms with van der Waals surface area (Å²) in [6.45, 7) is 1.81. The van der Waals surface area contributed by atoms with Gasteiger partial charge in [-0.2, -0.15) is 13.2 Å². The molecular weight excluding hydrogens is 577 g/mol. The number of rotatable bonds is 12. The molecule has 0 fully saturated rings. The van der Waals surface area contributed by atoms with Crippen LogP contribution >= 0.6 is 11.3 Å². The number of nitrogens with one attached hydrogen (secondary N) is 1. The van der Waals surface area contributed by atoms with Gasteiger partial charge in [-0.25, -0.2) is 4.98 Å². The fourth-order valence-electron chi connectivity index (χ4n) is 5.07. The number of alkyl halides is 3. The number of aromatic nitrogens is 1. The van der Waals surface area contributed by atoms with Crippen molar-refractivity contribution in [2.75, 3.05) is 7.05 Å². The van der Waals surface area contributed by atoms with Crippen LogP contribution in [0.2, 0.25) is 0 Å². The molecule has 0 radical (unpaired) electrons. The summed E-state index contributed by atoms with van der Waals surface area (Å²) in [4.78, 5) is 32.3. The van der Waals surface area contributed by atoms with Crippen molar-refractivity contribution in [1.82, 2.24) is 15.2 Å². The number of amides is 2. The Bertz CT molecular complexity index is 1530. The predicted molar refractivity (Wildman–Crippen MR) is 160 cm³/mol. The van der Waals surface area contributed by atoms with Gasteiger partial charge in [0.2, 0.25) is 5.91 Å². The molecule has 3 unspecified atom stereocenters. The zero-order valence-corrected chi connectivity index (χ0v) is 24.5. The second-order valence-electron chi connectivity index (χ2n) is 10.3. The molecule has 1 heterocycles. The largest absolute Gasteiger partial charge is 0.406 e. The van der Waals surface area contributed by atoms with Gasteiger partial charge in [0, 0.05) is 41.7 Å². The number of nitrogens with zero attached hydrogens (tertiary/aromatic N) is 2. The first-order chi connectivity index (χ1) is 20.5. The number of nitrogens with two attached hydrogens (primary N) is 1. The minimum Gasteiger partial charge on any atom is -0.390 e. The number of carbonyl (C=O) groups excluding carboxylic acids is 2. The second kappa shape index (κ2) is 13.9. The van der Waals surface area contributed by atoms with Crippen LogP contribution in [-0.2, 0) is 19.5 Å². The Morgan fingerprint density at radius 1 is 0.977 bits per heavy atom. The van der Waals surface area contributed by atoms with Crippen molar-refractivity contribution >= 4 is 23.2 Å². The van der Waals surface area contributed by atoms with E-state index >= 15 is 0 Å². The monoisotopic (exact) mass is 610 g/mol. The van der Waals surface area contributed by atoms with E-state index in [2.05, 4.69) is 10.3 Å². The van der Waals surface area contributed by atoms with E-state index in [1.807, 2.05) is 12.3 Å². The Hall–Kier alpha value is -4.06. The number of halogens is 3. The van der Waals surface area contributed by atoms with E-state index in [4.69, 9.17) is 5.73 Å². The first-order valence-corrected chi connectivity index (χ1v) is 14.5. The minimum absolute atomic E-state index is 0.0176. The highest BCUT2D eigenvalue weighted by Crippen LogP contribution is 2.36. The maximum atomic E-state index is 14.6. The van der Waals surface area contributed by atoms with Crippen LogP contribution in [0.5, 0.6) is 0 Å². The molecule has 0 aliphatic rings. The molecule has 1 aromatic heterocycles. The number of primary amides is 1. The molecule has 4 N–H and O–H groups in total. The Morgan fingerprint density at radius 3 is 2.14 bits per heavy atom. The van der Waals surface area contributed by atoms with Gasteiger partial charge in [-0.1, -0.05) is 66.7 Å². The van der Waals surface area contributed by atoms with Crippen LogP contribution in [0.4, 0.5) is 13.2 Å². The molecule has 4 rings (SSSR count). The van der Waals surface area contributed by atoms with E-state index in [1.54, 1.807) is 67.7 Å². The van der Waals surface area contributed by atoms with Crippen LogP contribution < -0.4 is 11.1 Å². The van der Waals surface area contributed by atoms with Crippen LogP contribution in [0.1, 0.15) is 54.0 Å². The molecule has 0 saturated heterocycles. The molecule has 3 aromatic carbocycles. The average Bonchev–Trinajstić information content (AvgIpc) is 3.39. The second-order valence-corrected chi connectivity index (χ2v) is 11.3. The lowest BCUT2D eigenvalue weighted by Crippen LogP contribution is -2.53. The molecule has 0 bridgehead atoms. The highest BCUT2D eigenvalue weighted by molar-refractivity contribution is 7.09. The van der Waals surface area contributed by atoms with Crippen LogP contribution in [0, 0.1) is 6.92 Å². The van der Waals surface area contributed by atoms with E-state index in [1.165, 1.54) is 34.4 Å². The highest BCUT2D eigenvalue weighted by atomic mass is 32.1. The van der Waals surface area contributed by atoms with Gasteiger partial charge in [0.15, 0.2) is 0 Å². The standard InChI is InChI=1S/C32H33F3N4O3S/c1-20-19-43-26(38-20)18-39(2)31(42)24-15-9-14-23(30(36)41)27(24)25(16-21-10-5-3-6-11-21)28(40)29(32(33,34)35)37-17-22-12-7-4-8-13-22/h3-15,19,25,28-29,37,40H,16-18H2,1-2H3,(H2,36,41). The molecule has 0 saturated carbocycles. The van der Waals surface area contributed by atoms with E-state index in [0.29, 0.717) is 16.1 Å². The van der Waals surface area contributed by atoms with Gasteiger partial charge in [0.05, 0.1) is 12.6 Å². The van der Waals surface area contributed by atoms with E-state index in [9.17, 15) is 27.9 Å². The Labute approximate surface area is 252 Å². The third kappa shape index (κ3) is 8.07. The van der Waals surface area contributed by atoms with E-state index in [0.717, 1.165) is 5.69 Å². The van der Waals surface area contributed by atoms with Crippen molar-refractivity contribution in [3.05, 3.63) is 123 Å². The molecule has 226 valence electrons. The third-order valence-corrected chi connectivity index (χ3v) is 8.08. The number of aryl methyl sites for hydroxylation is 1. The third-order valence-electron chi connectivity index (χ3n) is 7.13. The van der Waals surface area contributed by atoms with Crippen molar-refractivity contribution < 1.29 is 27.9 Å². The van der Waals surface area contributed by atoms with E-state index < -0.39 is 36.1 Å². The Balaban J connectivity index is 1.80. The summed E-state index contributed by atoms with van der Waals surface area (Å²) in [5.41, 5.74) is 7.54. The van der Waals surface area contributed by atoms with Crippen LogP contribution in [0.25, 0.3) is 0 Å². The average molecular weight is 611 g/mol. The molecule has 0 aliphatic heterocycles. The van der Waals surface area contributed by atoms with Crippen molar-refractivity contribution in [2.45, 2.75) is 50.7 Å². The van der Waals surface area contributed by atoms with Gasteiger partial charge in [-0.3, -0.25) is 14.9 Å².